The SMILES string of the molecule is C=CCCc1c(Oc2ccc3c(c2)CC(c2ncc(-c4ccccc4)[nH]2)CO3)ccnc1NC. The number of allylic oxidation sites excluding steroid dienone is 1. The first-order valence-electron chi connectivity index (χ1n) is 11.6. The summed E-state index contributed by atoms with van der Waals surface area (Å²) in [6, 6.07) is 18.2. The maximum Gasteiger partial charge on any atom is 0.135 e. The van der Waals surface area contributed by atoms with Crippen LogP contribution in [0.15, 0.2) is 79.6 Å². The third kappa shape index (κ3) is 4.53. The minimum atomic E-state index is 0.153. The highest BCUT2D eigenvalue weighted by atomic mass is 16.5. The van der Waals surface area contributed by atoms with Gasteiger partial charge in [-0.3, -0.25) is 0 Å². The van der Waals surface area contributed by atoms with E-state index in [1.54, 1.807) is 6.20 Å². The van der Waals surface area contributed by atoms with Crippen molar-refractivity contribution < 1.29 is 9.47 Å². The van der Waals surface area contributed by atoms with E-state index in [0.717, 1.165) is 70.5 Å². The Kier molecular flexibility index (Phi) is 6.29. The molecule has 6 heteroatoms. The molecule has 2 aromatic carbocycles. The molecule has 1 atom stereocenters. The molecule has 6 nitrogen and oxygen atoms in total. The van der Waals surface area contributed by atoms with E-state index >= 15 is 0 Å². The fourth-order valence-electron chi connectivity index (χ4n) is 4.32. The van der Waals surface area contributed by atoms with Crippen molar-refractivity contribution in [2.24, 2.45) is 0 Å². The van der Waals surface area contributed by atoms with Crippen LogP contribution < -0.4 is 14.8 Å². The van der Waals surface area contributed by atoms with Gasteiger partial charge in [-0.25, -0.2) is 9.97 Å². The normalized spacial score (nSPS) is 14.7. The van der Waals surface area contributed by atoms with Gasteiger partial charge in [0, 0.05) is 18.8 Å². The second-order valence-electron chi connectivity index (χ2n) is 8.35. The zero-order valence-electron chi connectivity index (χ0n) is 19.3. The molecule has 0 spiro atoms. The van der Waals surface area contributed by atoms with Crippen LogP contribution in [0, 0.1) is 0 Å². The summed E-state index contributed by atoms with van der Waals surface area (Å²) in [7, 11) is 1.87. The van der Waals surface area contributed by atoms with Crippen molar-refractivity contribution in [1.82, 2.24) is 15.0 Å². The van der Waals surface area contributed by atoms with E-state index in [-0.39, 0.29) is 5.92 Å². The molecule has 172 valence electrons. The lowest BCUT2D eigenvalue weighted by atomic mass is 9.96. The van der Waals surface area contributed by atoms with Gasteiger partial charge in [0.1, 0.15) is 28.9 Å². The average Bonchev–Trinajstić information content (AvgIpc) is 3.38. The summed E-state index contributed by atoms with van der Waals surface area (Å²) >= 11 is 0. The molecule has 0 radical (unpaired) electrons. The molecule has 2 N–H and O–H groups in total. The summed E-state index contributed by atoms with van der Waals surface area (Å²) in [6.45, 7) is 4.43. The van der Waals surface area contributed by atoms with Gasteiger partial charge < -0.3 is 19.8 Å². The number of anilines is 1. The Labute approximate surface area is 199 Å². The second-order valence-corrected chi connectivity index (χ2v) is 8.35. The van der Waals surface area contributed by atoms with Gasteiger partial charge in [-0.1, -0.05) is 36.4 Å². The fourth-order valence-corrected chi connectivity index (χ4v) is 4.32. The third-order valence-corrected chi connectivity index (χ3v) is 6.08. The lowest BCUT2D eigenvalue weighted by Gasteiger charge is -2.24. The lowest BCUT2D eigenvalue weighted by Crippen LogP contribution is -2.20. The third-order valence-electron chi connectivity index (χ3n) is 6.08. The number of imidazole rings is 1. The molecular formula is C28H28N4O2. The van der Waals surface area contributed by atoms with Crippen LogP contribution in [-0.2, 0) is 12.8 Å². The topological polar surface area (TPSA) is 72.1 Å². The summed E-state index contributed by atoms with van der Waals surface area (Å²) in [4.78, 5) is 12.6. The summed E-state index contributed by atoms with van der Waals surface area (Å²) in [5.74, 6) is 4.40. The van der Waals surface area contributed by atoms with Crippen LogP contribution >= 0.6 is 0 Å². The molecule has 0 amide bonds. The molecule has 0 saturated heterocycles. The highest BCUT2D eigenvalue weighted by Gasteiger charge is 2.24. The molecule has 0 aliphatic carbocycles. The number of ether oxygens (including phenoxy) is 2. The number of hydrogen-bond acceptors (Lipinski definition) is 5. The van der Waals surface area contributed by atoms with E-state index in [1.807, 2.05) is 55.7 Å². The summed E-state index contributed by atoms with van der Waals surface area (Å²) in [5.41, 5.74) is 4.30. The van der Waals surface area contributed by atoms with Crippen LogP contribution in [0.4, 0.5) is 5.82 Å². The summed E-state index contributed by atoms with van der Waals surface area (Å²) in [6.07, 6.45) is 8.05. The molecule has 0 bridgehead atoms. The van der Waals surface area contributed by atoms with Crippen molar-refractivity contribution in [3.05, 3.63) is 96.6 Å². The van der Waals surface area contributed by atoms with E-state index in [0.29, 0.717) is 6.61 Å². The maximum atomic E-state index is 6.32. The molecule has 1 aliphatic rings. The minimum absolute atomic E-state index is 0.153. The van der Waals surface area contributed by atoms with Crippen LogP contribution in [-0.4, -0.2) is 28.6 Å². The number of H-pyrrole nitrogens is 1. The number of nitrogens with one attached hydrogen (secondary N) is 2. The molecule has 1 aliphatic heterocycles. The number of nitrogens with zero attached hydrogens (tertiary/aromatic N) is 2. The number of aromatic nitrogens is 3. The van der Waals surface area contributed by atoms with Crippen LogP contribution in [0.3, 0.4) is 0 Å². The van der Waals surface area contributed by atoms with Crippen molar-refractivity contribution >= 4 is 5.82 Å². The smallest absolute Gasteiger partial charge is 0.135 e. The predicted octanol–water partition coefficient (Wildman–Crippen LogP) is 6.14. The van der Waals surface area contributed by atoms with Gasteiger partial charge in [0.25, 0.3) is 0 Å². The van der Waals surface area contributed by atoms with Gasteiger partial charge in [-0.15, -0.1) is 6.58 Å². The zero-order chi connectivity index (χ0) is 23.3. The van der Waals surface area contributed by atoms with E-state index in [9.17, 15) is 0 Å². The molecule has 2 aromatic heterocycles. The van der Waals surface area contributed by atoms with Crippen molar-refractivity contribution in [3.8, 4) is 28.5 Å². The highest BCUT2D eigenvalue weighted by molar-refractivity contribution is 5.58. The largest absolute Gasteiger partial charge is 0.493 e. The van der Waals surface area contributed by atoms with Gasteiger partial charge in [0.15, 0.2) is 0 Å². The summed E-state index contributed by atoms with van der Waals surface area (Å²) in [5, 5.41) is 3.16. The second kappa shape index (κ2) is 9.83. The standard InChI is InChI=1S/C28H28N4O2/c1-3-4-10-23-26(13-14-30-28(23)29-2)34-22-11-12-25-20(16-22)15-21(18-33-25)27-31-17-24(32-27)19-8-6-5-7-9-19/h3,5-9,11-14,16-17,21H,1,4,10,15,18H2,2H3,(H,29,30)(H,31,32). The first-order valence-corrected chi connectivity index (χ1v) is 11.6. The van der Waals surface area contributed by atoms with Crippen molar-refractivity contribution in [3.63, 3.8) is 0 Å². The number of fused-ring (bicyclic) bond motifs is 1. The van der Waals surface area contributed by atoms with Gasteiger partial charge in [-0.05, 0) is 54.7 Å². The molecule has 0 fully saturated rings. The molecule has 1 unspecified atom stereocenters. The average molecular weight is 453 g/mol. The maximum absolute atomic E-state index is 6.32. The first-order chi connectivity index (χ1) is 16.7. The molecular weight excluding hydrogens is 424 g/mol. The molecule has 3 heterocycles. The fraction of sp³-hybridized carbons (Fsp3) is 0.214. The summed E-state index contributed by atoms with van der Waals surface area (Å²) < 4.78 is 12.4. The lowest BCUT2D eigenvalue weighted by molar-refractivity contribution is 0.257. The Morgan fingerprint density at radius 2 is 2.06 bits per heavy atom. The zero-order valence-corrected chi connectivity index (χ0v) is 19.3. The van der Waals surface area contributed by atoms with Crippen LogP contribution in [0.1, 0.15) is 29.3 Å². The quantitative estimate of drug-likeness (QED) is 0.314. The monoisotopic (exact) mass is 452 g/mol. The van der Waals surface area contributed by atoms with E-state index in [4.69, 9.17) is 9.47 Å². The van der Waals surface area contributed by atoms with Gasteiger partial charge >= 0.3 is 0 Å². The number of rotatable bonds is 8. The van der Waals surface area contributed by atoms with Gasteiger partial charge in [0.05, 0.1) is 24.4 Å². The predicted molar refractivity (Wildman–Crippen MR) is 135 cm³/mol. The van der Waals surface area contributed by atoms with Crippen LogP contribution in [0.5, 0.6) is 17.2 Å². The van der Waals surface area contributed by atoms with Crippen molar-refractivity contribution in [1.29, 1.82) is 0 Å². The van der Waals surface area contributed by atoms with Crippen molar-refractivity contribution in [2.75, 3.05) is 19.0 Å². The Bertz CT molecular complexity index is 1280. The number of hydrogen-bond donors (Lipinski definition) is 2. The van der Waals surface area contributed by atoms with Crippen LogP contribution in [0.25, 0.3) is 11.3 Å². The van der Waals surface area contributed by atoms with Crippen LogP contribution in [0.2, 0.25) is 0 Å². The Balaban J connectivity index is 1.36. The van der Waals surface area contributed by atoms with E-state index < -0.39 is 0 Å². The van der Waals surface area contributed by atoms with E-state index in [2.05, 4.69) is 45.0 Å². The highest BCUT2D eigenvalue weighted by Crippen LogP contribution is 2.37. The minimum Gasteiger partial charge on any atom is -0.493 e. The molecule has 0 saturated carbocycles. The Morgan fingerprint density at radius 3 is 2.88 bits per heavy atom. The van der Waals surface area contributed by atoms with Gasteiger partial charge in [0.2, 0.25) is 0 Å². The molecule has 5 rings (SSSR count). The Morgan fingerprint density at radius 1 is 1.18 bits per heavy atom. The molecule has 4 aromatic rings. The number of benzene rings is 2. The van der Waals surface area contributed by atoms with E-state index in [1.165, 1.54) is 0 Å². The van der Waals surface area contributed by atoms with Gasteiger partial charge in [-0.2, -0.15) is 0 Å². The number of pyridine rings is 1. The van der Waals surface area contributed by atoms with Crippen molar-refractivity contribution in [2.45, 2.75) is 25.2 Å². The Hall–Kier alpha value is -4.06. The number of aromatic amines is 1. The first kappa shape index (κ1) is 21.8. The molecule has 34 heavy (non-hydrogen) atoms.